The first kappa shape index (κ1) is 27.1. The molecule has 0 N–H and O–H groups in total. The van der Waals surface area contributed by atoms with Crippen LogP contribution in [0.2, 0.25) is 5.02 Å². The van der Waals surface area contributed by atoms with Crippen LogP contribution in [-0.4, -0.2) is 67.0 Å². The summed E-state index contributed by atoms with van der Waals surface area (Å²) < 4.78 is 37.7. The van der Waals surface area contributed by atoms with Gasteiger partial charge in [-0.1, -0.05) is 30.7 Å². The average molecular weight is 540 g/mol. The van der Waals surface area contributed by atoms with Crippen LogP contribution in [0.3, 0.4) is 0 Å². The molecule has 2 aromatic rings. The van der Waals surface area contributed by atoms with E-state index in [9.17, 15) is 18.0 Å². The summed E-state index contributed by atoms with van der Waals surface area (Å²) in [6, 6.07) is 14.6. The first-order valence-corrected chi connectivity index (χ1v) is 13.7. The lowest BCUT2D eigenvalue weighted by Gasteiger charge is -2.38. The SMILES string of the molecule is CC(CN1CCN(c2ccc(Cl)cc2)CC1)C(=O)N1CCC[C@H](Cc2ccc(SC(F)(F)F)cc2)C1. The number of rotatable bonds is 7. The van der Waals surface area contributed by atoms with Crippen LogP contribution >= 0.6 is 23.4 Å². The maximum Gasteiger partial charge on any atom is 0.446 e. The number of anilines is 1. The van der Waals surface area contributed by atoms with Gasteiger partial charge < -0.3 is 9.80 Å². The van der Waals surface area contributed by atoms with Gasteiger partial charge in [-0.15, -0.1) is 0 Å². The molecule has 0 radical (unpaired) electrons. The highest BCUT2D eigenvalue weighted by atomic mass is 35.5. The minimum atomic E-state index is -4.27. The van der Waals surface area contributed by atoms with Crippen LogP contribution in [0.15, 0.2) is 53.4 Å². The van der Waals surface area contributed by atoms with E-state index in [0.29, 0.717) is 12.5 Å². The maximum atomic E-state index is 13.2. The number of piperidine rings is 1. The van der Waals surface area contributed by atoms with E-state index in [1.807, 2.05) is 36.1 Å². The topological polar surface area (TPSA) is 26.8 Å². The molecule has 0 saturated carbocycles. The Balaban J connectivity index is 1.23. The molecule has 4 nitrogen and oxygen atoms in total. The van der Waals surface area contributed by atoms with Gasteiger partial charge in [-0.25, -0.2) is 0 Å². The highest BCUT2D eigenvalue weighted by Gasteiger charge is 2.30. The number of nitrogens with zero attached hydrogens (tertiary/aromatic N) is 3. The summed E-state index contributed by atoms with van der Waals surface area (Å²) in [5, 5.41) is 0.739. The van der Waals surface area contributed by atoms with Gasteiger partial charge in [0.05, 0.1) is 0 Å². The van der Waals surface area contributed by atoms with Crippen molar-refractivity contribution in [3.8, 4) is 0 Å². The molecule has 0 aliphatic carbocycles. The molecule has 196 valence electrons. The van der Waals surface area contributed by atoms with Gasteiger partial charge in [0.1, 0.15) is 0 Å². The summed E-state index contributed by atoms with van der Waals surface area (Å²) in [5.41, 5.74) is -2.07. The van der Waals surface area contributed by atoms with Crippen LogP contribution < -0.4 is 4.90 Å². The zero-order valence-electron chi connectivity index (χ0n) is 20.5. The molecule has 0 spiro atoms. The molecule has 2 aliphatic heterocycles. The first-order chi connectivity index (χ1) is 17.2. The van der Waals surface area contributed by atoms with Gasteiger partial charge in [-0.2, -0.15) is 13.2 Å². The second-order valence-electron chi connectivity index (χ2n) is 9.85. The average Bonchev–Trinajstić information content (AvgIpc) is 2.85. The van der Waals surface area contributed by atoms with E-state index in [1.165, 1.54) is 17.8 Å². The molecule has 1 unspecified atom stereocenters. The Morgan fingerprint density at radius 3 is 2.33 bits per heavy atom. The van der Waals surface area contributed by atoms with Crippen molar-refractivity contribution >= 4 is 35.0 Å². The molecule has 36 heavy (non-hydrogen) atoms. The van der Waals surface area contributed by atoms with E-state index in [0.717, 1.165) is 69.1 Å². The number of benzene rings is 2. The number of hydrogen-bond acceptors (Lipinski definition) is 4. The lowest BCUT2D eigenvalue weighted by atomic mass is 9.90. The van der Waals surface area contributed by atoms with Crippen molar-refractivity contribution in [1.82, 2.24) is 9.80 Å². The van der Waals surface area contributed by atoms with E-state index in [-0.39, 0.29) is 28.5 Å². The Morgan fingerprint density at radius 2 is 1.69 bits per heavy atom. The van der Waals surface area contributed by atoms with E-state index < -0.39 is 5.51 Å². The van der Waals surface area contributed by atoms with Crippen molar-refractivity contribution in [3.63, 3.8) is 0 Å². The number of likely N-dealkylation sites (tertiary alicyclic amines) is 1. The molecule has 2 saturated heterocycles. The number of piperazine rings is 1. The molecule has 4 rings (SSSR count). The van der Waals surface area contributed by atoms with Crippen LogP contribution in [0.25, 0.3) is 0 Å². The predicted octanol–water partition coefficient (Wildman–Crippen LogP) is 6.19. The molecule has 2 aliphatic rings. The molecule has 0 aromatic heterocycles. The lowest BCUT2D eigenvalue weighted by molar-refractivity contribution is -0.137. The highest BCUT2D eigenvalue weighted by Crippen LogP contribution is 2.37. The fraction of sp³-hybridized carbons (Fsp3) is 0.519. The summed E-state index contributed by atoms with van der Waals surface area (Å²) in [6.07, 6.45) is 2.77. The zero-order valence-corrected chi connectivity index (χ0v) is 22.1. The Labute approximate surface area is 220 Å². The third-order valence-corrected chi connectivity index (χ3v) is 8.02. The fourth-order valence-electron chi connectivity index (χ4n) is 5.21. The van der Waals surface area contributed by atoms with Gasteiger partial charge in [-0.3, -0.25) is 9.69 Å². The molecular formula is C27H33ClF3N3OS. The van der Waals surface area contributed by atoms with E-state index >= 15 is 0 Å². The Kier molecular flexibility index (Phi) is 9.12. The van der Waals surface area contributed by atoms with Gasteiger partial charge in [0.15, 0.2) is 0 Å². The highest BCUT2D eigenvalue weighted by molar-refractivity contribution is 8.00. The minimum Gasteiger partial charge on any atom is -0.369 e. The second-order valence-corrected chi connectivity index (χ2v) is 11.4. The first-order valence-electron chi connectivity index (χ1n) is 12.5. The molecular weight excluding hydrogens is 507 g/mol. The second kappa shape index (κ2) is 12.1. The van der Waals surface area contributed by atoms with E-state index in [1.54, 1.807) is 12.1 Å². The van der Waals surface area contributed by atoms with E-state index in [4.69, 9.17) is 11.6 Å². The van der Waals surface area contributed by atoms with Crippen molar-refractivity contribution in [1.29, 1.82) is 0 Å². The van der Waals surface area contributed by atoms with Crippen LogP contribution in [0.1, 0.15) is 25.3 Å². The predicted molar refractivity (Wildman–Crippen MR) is 141 cm³/mol. The number of halogens is 4. The summed E-state index contributed by atoms with van der Waals surface area (Å²) in [7, 11) is 0. The number of carbonyl (C=O) groups is 1. The van der Waals surface area contributed by atoms with Crippen LogP contribution in [0.4, 0.5) is 18.9 Å². The molecule has 2 heterocycles. The number of carbonyl (C=O) groups excluding carboxylic acids is 1. The number of thioether (sulfide) groups is 1. The summed E-state index contributed by atoms with van der Waals surface area (Å²) >= 11 is 5.91. The Hall–Kier alpha value is -1.90. The summed E-state index contributed by atoms with van der Waals surface area (Å²) in [5.74, 6) is 0.472. The van der Waals surface area contributed by atoms with Crippen molar-refractivity contribution in [3.05, 3.63) is 59.1 Å². The molecule has 2 aromatic carbocycles. The molecule has 1 amide bonds. The molecule has 9 heteroatoms. The van der Waals surface area contributed by atoms with Gasteiger partial charge in [0, 0.05) is 67.3 Å². The number of alkyl halides is 3. The number of hydrogen-bond donors (Lipinski definition) is 0. The van der Waals surface area contributed by atoms with Crippen molar-refractivity contribution in [2.75, 3.05) is 50.7 Å². The standard InChI is InChI=1S/C27H33ClF3N3OS/c1-20(18-32-13-15-33(16-14-32)24-8-6-23(28)7-9-24)26(35)34-12-2-3-22(19-34)17-21-4-10-25(11-5-21)36-27(29,30)31/h4-11,20,22H,2-3,12-19H2,1H3/t20?,22-/m1/s1. The van der Waals surface area contributed by atoms with Crippen LogP contribution in [0, 0.1) is 11.8 Å². The minimum absolute atomic E-state index is 0.0653. The fourth-order valence-corrected chi connectivity index (χ4v) is 5.88. The summed E-state index contributed by atoms with van der Waals surface area (Å²) in [6.45, 7) is 7.97. The lowest BCUT2D eigenvalue weighted by Crippen LogP contribution is -2.50. The zero-order chi connectivity index (χ0) is 25.7. The third kappa shape index (κ3) is 7.80. The maximum absolute atomic E-state index is 13.2. The quantitative estimate of drug-likeness (QED) is 0.392. The largest absolute Gasteiger partial charge is 0.446 e. The van der Waals surface area contributed by atoms with Gasteiger partial charge in [-0.05, 0) is 78.9 Å². The van der Waals surface area contributed by atoms with Crippen molar-refractivity contribution < 1.29 is 18.0 Å². The Morgan fingerprint density at radius 1 is 1.03 bits per heavy atom. The summed E-state index contributed by atoms with van der Waals surface area (Å²) in [4.78, 5) is 20.2. The van der Waals surface area contributed by atoms with Crippen LogP contribution in [0.5, 0.6) is 0 Å². The van der Waals surface area contributed by atoms with Crippen molar-refractivity contribution in [2.45, 2.75) is 36.6 Å². The monoisotopic (exact) mass is 539 g/mol. The van der Waals surface area contributed by atoms with Gasteiger partial charge >= 0.3 is 5.51 Å². The molecule has 2 fully saturated rings. The van der Waals surface area contributed by atoms with Crippen molar-refractivity contribution in [2.24, 2.45) is 11.8 Å². The third-order valence-electron chi connectivity index (χ3n) is 7.03. The van der Waals surface area contributed by atoms with Gasteiger partial charge in [0.25, 0.3) is 0 Å². The Bertz CT molecular complexity index is 995. The molecule has 0 bridgehead atoms. The normalized spacial score (nSPS) is 20.4. The number of amides is 1. The molecule has 2 atom stereocenters. The van der Waals surface area contributed by atoms with Gasteiger partial charge in [0.2, 0.25) is 5.91 Å². The smallest absolute Gasteiger partial charge is 0.369 e. The van der Waals surface area contributed by atoms with E-state index in [2.05, 4.69) is 9.80 Å². The van der Waals surface area contributed by atoms with Crippen LogP contribution in [-0.2, 0) is 11.2 Å².